The van der Waals surface area contributed by atoms with Crippen LogP contribution in [0, 0.1) is 5.41 Å². The lowest BCUT2D eigenvalue weighted by atomic mass is 9.98. The number of hydrogen-bond acceptors (Lipinski definition) is 1. The van der Waals surface area contributed by atoms with Gasteiger partial charge in [-0.05, 0) is 0 Å². The third-order valence-electron chi connectivity index (χ3n) is 1.31. The average molecular weight is 404 g/mol. The molecule has 1 nitrogen and oxygen atoms in total. The fourth-order valence-corrected chi connectivity index (χ4v) is 4.91. The van der Waals surface area contributed by atoms with Crippen molar-refractivity contribution in [3.63, 3.8) is 0 Å². The van der Waals surface area contributed by atoms with E-state index in [2.05, 4.69) is 63.7 Å². The fourth-order valence-electron chi connectivity index (χ4n) is 0.306. The molecule has 0 aromatic carbocycles. The first-order valence-electron chi connectivity index (χ1n) is 2.64. The number of aliphatic hydroxyl groups is 1. The minimum atomic E-state index is -0.153. The minimum absolute atomic E-state index is 0.122. The Labute approximate surface area is 94.5 Å². The molecule has 0 bridgehead atoms. The maximum absolute atomic E-state index is 9.03. The van der Waals surface area contributed by atoms with Gasteiger partial charge in [-0.25, -0.2) is 0 Å². The zero-order chi connectivity index (χ0) is 8.20. The molecule has 0 aliphatic rings. The summed E-state index contributed by atoms with van der Waals surface area (Å²) in [6.45, 7) is 0.144. The molecule has 1 N–H and O–H groups in total. The Morgan fingerprint density at radius 2 is 1.60 bits per heavy atom. The Morgan fingerprint density at radius 1 is 1.20 bits per heavy atom. The Morgan fingerprint density at radius 3 is 1.60 bits per heavy atom. The molecule has 0 spiro atoms. The second kappa shape index (κ2) is 5.51. The monoisotopic (exact) mass is 400 g/mol. The van der Waals surface area contributed by atoms with Gasteiger partial charge in [0.15, 0.2) is 0 Å². The summed E-state index contributed by atoms with van der Waals surface area (Å²) in [6, 6.07) is 0. The van der Waals surface area contributed by atoms with Crippen molar-refractivity contribution in [3.05, 3.63) is 0 Å². The Balaban J connectivity index is 4.15. The number of rotatable bonds is 4. The van der Waals surface area contributed by atoms with Crippen LogP contribution in [0.5, 0.6) is 0 Å². The van der Waals surface area contributed by atoms with Gasteiger partial charge in [-0.1, -0.05) is 63.7 Å². The summed E-state index contributed by atoms with van der Waals surface area (Å²) in [6.07, 6.45) is 0. The summed E-state index contributed by atoms with van der Waals surface area (Å²) in [4.78, 5) is 0. The average Bonchev–Trinajstić information content (AvgIpc) is 1.92. The molecule has 0 atom stereocenters. The molecule has 0 aliphatic heterocycles. The zero-order valence-corrected chi connectivity index (χ0v) is 11.5. The summed E-state index contributed by atoms with van der Waals surface area (Å²) in [5, 5.41) is 10.5. The Hall–Kier alpha value is 1.88. The molecule has 0 rings (SSSR count). The first-order chi connectivity index (χ1) is 4.63. The van der Waals surface area contributed by atoms with E-state index in [0.29, 0.717) is 0 Å². The van der Waals surface area contributed by atoms with E-state index < -0.39 is 0 Å². The number of alkyl halides is 4. The molecule has 0 heterocycles. The van der Waals surface area contributed by atoms with Gasteiger partial charge in [0.05, 0.1) is 10.3 Å². The molecule has 0 unspecified atom stereocenters. The van der Waals surface area contributed by atoms with E-state index >= 15 is 0 Å². The van der Waals surface area contributed by atoms with E-state index in [1.54, 1.807) is 0 Å². The van der Waals surface area contributed by atoms with Crippen LogP contribution in [0.25, 0.3) is 0 Å². The van der Waals surface area contributed by atoms with Gasteiger partial charge in [0.2, 0.25) is 0 Å². The van der Waals surface area contributed by atoms with Crippen LogP contribution in [-0.2, 0) is 0 Å². The third kappa shape index (κ3) is 2.73. The maximum Gasteiger partial charge on any atom is 0.0791 e. The molecular formula is C5H8Br4O. The highest BCUT2D eigenvalue weighted by molar-refractivity contribution is 9.24. The van der Waals surface area contributed by atoms with Gasteiger partial charge in [0.1, 0.15) is 0 Å². The second-order valence-corrected chi connectivity index (χ2v) is 6.27. The molecule has 0 radical (unpaired) electrons. The van der Waals surface area contributed by atoms with Crippen LogP contribution < -0.4 is 0 Å². The van der Waals surface area contributed by atoms with Crippen LogP contribution >= 0.6 is 63.7 Å². The lowest BCUT2D eigenvalue weighted by Gasteiger charge is -2.29. The quantitative estimate of drug-likeness (QED) is 0.716. The maximum atomic E-state index is 9.03. The molecule has 0 aliphatic carbocycles. The molecule has 0 aromatic heterocycles. The van der Waals surface area contributed by atoms with Gasteiger partial charge in [-0.3, -0.25) is 0 Å². The van der Waals surface area contributed by atoms with Crippen LogP contribution in [0.15, 0.2) is 0 Å². The Bertz CT molecular complexity index is 83.4. The van der Waals surface area contributed by atoms with Crippen molar-refractivity contribution in [1.29, 1.82) is 0 Å². The first-order valence-corrected chi connectivity index (χ1v) is 6.71. The van der Waals surface area contributed by atoms with Crippen molar-refractivity contribution < 1.29 is 5.11 Å². The number of halogens is 4. The SMILES string of the molecule is OCC(CBr)(CBr)C(Br)Br. The largest absolute Gasteiger partial charge is 0.396 e. The van der Waals surface area contributed by atoms with Gasteiger partial charge in [-0.2, -0.15) is 0 Å². The van der Waals surface area contributed by atoms with E-state index in [0.717, 1.165) is 10.7 Å². The normalized spacial score (nSPS) is 12.6. The fraction of sp³-hybridized carbons (Fsp3) is 1.00. The smallest absolute Gasteiger partial charge is 0.0791 e. The van der Waals surface area contributed by atoms with Crippen LogP contribution in [0.1, 0.15) is 0 Å². The highest BCUT2D eigenvalue weighted by Crippen LogP contribution is 2.35. The van der Waals surface area contributed by atoms with Crippen LogP contribution in [0.3, 0.4) is 0 Å². The second-order valence-electron chi connectivity index (χ2n) is 2.09. The molecule has 0 amide bonds. The topological polar surface area (TPSA) is 20.2 Å². The van der Waals surface area contributed by atoms with E-state index in [9.17, 15) is 0 Å². The highest BCUT2D eigenvalue weighted by atomic mass is 79.9. The standard InChI is InChI=1S/C5H8Br4O/c6-1-5(2-7,3-10)4(8)9/h4,10H,1-3H2. The predicted octanol–water partition coefficient (Wildman–Crippen LogP) is 2.87. The zero-order valence-electron chi connectivity index (χ0n) is 5.16. The third-order valence-corrected chi connectivity index (χ3v) is 5.49. The van der Waals surface area contributed by atoms with Crippen molar-refractivity contribution in [1.82, 2.24) is 0 Å². The van der Waals surface area contributed by atoms with E-state index in [1.165, 1.54) is 0 Å². The lowest BCUT2D eigenvalue weighted by molar-refractivity contribution is 0.186. The first kappa shape index (κ1) is 11.9. The van der Waals surface area contributed by atoms with Crippen molar-refractivity contribution in [2.24, 2.45) is 5.41 Å². The summed E-state index contributed by atoms with van der Waals surface area (Å²) in [5.74, 6) is 0. The van der Waals surface area contributed by atoms with Gasteiger partial charge in [0, 0.05) is 16.1 Å². The summed E-state index contributed by atoms with van der Waals surface area (Å²) >= 11 is 13.4. The molecule has 0 fully saturated rings. The molecular weight excluding hydrogens is 396 g/mol. The number of aliphatic hydroxyl groups excluding tert-OH is 1. The van der Waals surface area contributed by atoms with Crippen molar-refractivity contribution in [2.45, 2.75) is 3.74 Å². The predicted molar refractivity (Wildman–Crippen MR) is 58.7 cm³/mol. The van der Waals surface area contributed by atoms with E-state index in [1.807, 2.05) is 0 Å². The molecule has 0 saturated carbocycles. The molecule has 10 heavy (non-hydrogen) atoms. The summed E-state index contributed by atoms with van der Waals surface area (Å²) in [7, 11) is 0. The van der Waals surface area contributed by atoms with E-state index in [-0.39, 0.29) is 15.8 Å². The molecule has 5 heteroatoms. The lowest BCUT2D eigenvalue weighted by Crippen LogP contribution is -2.35. The van der Waals surface area contributed by atoms with Crippen molar-refractivity contribution in [3.8, 4) is 0 Å². The molecule has 0 aromatic rings. The molecule has 0 saturated heterocycles. The van der Waals surface area contributed by atoms with Crippen LogP contribution in [-0.4, -0.2) is 26.1 Å². The van der Waals surface area contributed by atoms with Crippen LogP contribution in [0.4, 0.5) is 0 Å². The van der Waals surface area contributed by atoms with Gasteiger partial charge < -0.3 is 5.11 Å². The Kier molecular flexibility index (Phi) is 6.55. The summed E-state index contributed by atoms with van der Waals surface area (Å²) < 4.78 is 0.122. The van der Waals surface area contributed by atoms with E-state index in [4.69, 9.17) is 5.11 Å². The highest BCUT2D eigenvalue weighted by Gasteiger charge is 2.33. The molecule has 62 valence electrons. The van der Waals surface area contributed by atoms with Crippen molar-refractivity contribution in [2.75, 3.05) is 17.3 Å². The summed E-state index contributed by atoms with van der Waals surface area (Å²) in [5.41, 5.74) is -0.153. The number of hydrogen-bond donors (Lipinski definition) is 1. The van der Waals surface area contributed by atoms with Gasteiger partial charge in [-0.15, -0.1) is 0 Å². The van der Waals surface area contributed by atoms with Gasteiger partial charge in [0.25, 0.3) is 0 Å². The van der Waals surface area contributed by atoms with Gasteiger partial charge >= 0.3 is 0 Å². The minimum Gasteiger partial charge on any atom is -0.396 e. The van der Waals surface area contributed by atoms with Crippen LogP contribution in [0.2, 0.25) is 0 Å². The van der Waals surface area contributed by atoms with Crippen molar-refractivity contribution >= 4 is 63.7 Å².